The minimum atomic E-state index is -4.66. The number of nitrogens with one attached hydrogen (secondary N) is 1. The molecule has 0 unspecified atom stereocenters. The fraction of sp³-hybridized carbons (Fsp3) is 0.200. The van der Waals surface area contributed by atoms with Crippen LogP contribution in [-0.4, -0.2) is 6.36 Å². The van der Waals surface area contributed by atoms with Gasteiger partial charge in [0.15, 0.2) is 0 Å². The lowest BCUT2D eigenvalue weighted by Crippen LogP contribution is -2.17. The highest BCUT2D eigenvalue weighted by Crippen LogP contribution is 2.24. The molecule has 2 aromatic carbocycles. The Kier molecular flexibility index (Phi) is 4.77. The Labute approximate surface area is 129 Å². The summed E-state index contributed by atoms with van der Waals surface area (Å²) in [6.45, 7) is 2.59. The molecule has 1 N–H and O–H groups in total. The first-order valence-electron chi connectivity index (χ1n) is 6.18. The molecule has 0 aromatic heterocycles. The van der Waals surface area contributed by atoms with Gasteiger partial charge in [0.25, 0.3) is 0 Å². The Hall–Kier alpha value is -1.69. The zero-order valence-electron chi connectivity index (χ0n) is 11.2. The van der Waals surface area contributed by atoms with Crippen molar-refractivity contribution in [2.45, 2.75) is 19.8 Å². The molecule has 21 heavy (non-hydrogen) atoms. The second-order valence-corrected chi connectivity index (χ2v) is 5.36. The van der Waals surface area contributed by atoms with Crippen LogP contribution in [0.2, 0.25) is 0 Å². The van der Waals surface area contributed by atoms with E-state index in [0.29, 0.717) is 6.54 Å². The third-order valence-corrected chi connectivity index (χ3v) is 3.70. The molecular formula is C15H13BrF3NO. The zero-order valence-corrected chi connectivity index (χ0v) is 12.8. The van der Waals surface area contributed by atoms with E-state index < -0.39 is 6.36 Å². The van der Waals surface area contributed by atoms with Crippen molar-refractivity contribution in [1.29, 1.82) is 0 Å². The molecule has 112 valence electrons. The lowest BCUT2D eigenvalue weighted by molar-refractivity contribution is -0.274. The van der Waals surface area contributed by atoms with Crippen molar-refractivity contribution in [3.05, 3.63) is 58.1 Å². The second kappa shape index (κ2) is 6.39. The summed E-state index contributed by atoms with van der Waals surface area (Å²) in [6, 6.07) is 11.6. The number of hydrogen-bond donors (Lipinski definition) is 1. The number of halogens is 4. The van der Waals surface area contributed by atoms with Gasteiger partial charge in [-0.05, 0) is 48.4 Å². The predicted molar refractivity (Wildman–Crippen MR) is 79.3 cm³/mol. The molecule has 0 heterocycles. The fourth-order valence-electron chi connectivity index (χ4n) is 1.80. The number of alkyl halides is 3. The molecule has 2 rings (SSSR count). The van der Waals surface area contributed by atoms with Gasteiger partial charge in [-0.15, -0.1) is 13.2 Å². The first-order chi connectivity index (χ1) is 9.83. The standard InChI is InChI=1S/C15H13BrF3NO/c1-10-8-11(2-7-14(10)16)9-20-12-3-5-13(6-4-12)21-15(17,18)19/h2-8,20H,9H2,1H3. The van der Waals surface area contributed by atoms with E-state index >= 15 is 0 Å². The highest BCUT2D eigenvalue weighted by Gasteiger charge is 2.30. The quantitative estimate of drug-likeness (QED) is 0.802. The summed E-state index contributed by atoms with van der Waals surface area (Å²) >= 11 is 3.43. The van der Waals surface area contributed by atoms with Crippen molar-refractivity contribution in [2.75, 3.05) is 5.32 Å². The van der Waals surface area contributed by atoms with Gasteiger partial charge < -0.3 is 10.1 Å². The SMILES string of the molecule is Cc1cc(CNc2ccc(OC(F)(F)F)cc2)ccc1Br. The Morgan fingerprint density at radius 2 is 1.76 bits per heavy atom. The summed E-state index contributed by atoms with van der Waals surface area (Å²) in [5.74, 6) is -0.229. The van der Waals surface area contributed by atoms with Gasteiger partial charge in [0.05, 0.1) is 0 Å². The molecule has 0 aliphatic rings. The van der Waals surface area contributed by atoms with E-state index in [9.17, 15) is 13.2 Å². The molecular weight excluding hydrogens is 347 g/mol. The average molecular weight is 360 g/mol. The normalized spacial score (nSPS) is 11.3. The van der Waals surface area contributed by atoms with Gasteiger partial charge in [0.1, 0.15) is 5.75 Å². The summed E-state index contributed by atoms with van der Waals surface area (Å²) in [5.41, 5.74) is 2.94. The van der Waals surface area contributed by atoms with E-state index in [2.05, 4.69) is 26.0 Å². The highest BCUT2D eigenvalue weighted by molar-refractivity contribution is 9.10. The van der Waals surface area contributed by atoms with Crippen molar-refractivity contribution >= 4 is 21.6 Å². The minimum absolute atomic E-state index is 0.229. The maximum Gasteiger partial charge on any atom is 0.573 e. The molecule has 6 heteroatoms. The third-order valence-electron chi connectivity index (χ3n) is 2.81. The van der Waals surface area contributed by atoms with Crippen LogP contribution in [0.4, 0.5) is 18.9 Å². The van der Waals surface area contributed by atoms with Crippen LogP contribution in [-0.2, 0) is 6.54 Å². The Morgan fingerprint density at radius 1 is 1.10 bits per heavy atom. The van der Waals surface area contributed by atoms with Crippen LogP contribution in [0.3, 0.4) is 0 Å². The average Bonchev–Trinajstić information content (AvgIpc) is 2.40. The molecule has 0 saturated carbocycles. The molecule has 0 saturated heterocycles. The Morgan fingerprint density at radius 3 is 2.33 bits per heavy atom. The number of hydrogen-bond acceptors (Lipinski definition) is 2. The maximum absolute atomic E-state index is 12.0. The molecule has 0 radical (unpaired) electrons. The lowest BCUT2D eigenvalue weighted by Gasteiger charge is -2.11. The van der Waals surface area contributed by atoms with E-state index in [1.807, 2.05) is 25.1 Å². The zero-order chi connectivity index (χ0) is 15.5. The van der Waals surface area contributed by atoms with Crippen molar-refractivity contribution < 1.29 is 17.9 Å². The summed E-state index contributed by atoms with van der Waals surface area (Å²) in [5, 5.41) is 3.15. The van der Waals surface area contributed by atoms with Crippen molar-refractivity contribution in [1.82, 2.24) is 0 Å². The van der Waals surface area contributed by atoms with E-state index in [1.54, 1.807) is 12.1 Å². The van der Waals surface area contributed by atoms with Gasteiger partial charge >= 0.3 is 6.36 Å². The van der Waals surface area contributed by atoms with Gasteiger partial charge in [0.2, 0.25) is 0 Å². The number of anilines is 1. The van der Waals surface area contributed by atoms with Crippen molar-refractivity contribution in [3.63, 3.8) is 0 Å². The van der Waals surface area contributed by atoms with Gasteiger partial charge in [0, 0.05) is 16.7 Å². The van der Waals surface area contributed by atoms with Crippen LogP contribution in [0.25, 0.3) is 0 Å². The summed E-state index contributed by atoms with van der Waals surface area (Å²) in [6.07, 6.45) is -4.66. The van der Waals surface area contributed by atoms with Crippen molar-refractivity contribution in [2.24, 2.45) is 0 Å². The predicted octanol–water partition coefficient (Wildman–Crippen LogP) is 5.27. The Balaban J connectivity index is 1.96. The number of ether oxygens (including phenoxy) is 1. The summed E-state index contributed by atoms with van der Waals surface area (Å²) in [7, 11) is 0. The monoisotopic (exact) mass is 359 g/mol. The molecule has 0 amide bonds. The highest BCUT2D eigenvalue weighted by atomic mass is 79.9. The third kappa shape index (κ3) is 4.97. The first kappa shape index (κ1) is 15.7. The number of aryl methyl sites for hydroxylation is 1. The van der Waals surface area contributed by atoms with Gasteiger partial charge in [-0.1, -0.05) is 28.1 Å². The van der Waals surface area contributed by atoms with E-state index in [-0.39, 0.29) is 5.75 Å². The van der Waals surface area contributed by atoms with E-state index in [0.717, 1.165) is 21.3 Å². The van der Waals surface area contributed by atoms with Crippen LogP contribution in [0.1, 0.15) is 11.1 Å². The molecule has 2 nitrogen and oxygen atoms in total. The summed E-state index contributed by atoms with van der Waals surface area (Å²) in [4.78, 5) is 0. The van der Waals surface area contributed by atoms with Gasteiger partial charge in [-0.2, -0.15) is 0 Å². The Bertz CT molecular complexity index is 611. The van der Waals surface area contributed by atoms with Crippen LogP contribution in [0.5, 0.6) is 5.75 Å². The second-order valence-electron chi connectivity index (χ2n) is 4.51. The first-order valence-corrected chi connectivity index (χ1v) is 6.97. The molecule has 0 atom stereocenters. The largest absolute Gasteiger partial charge is 0.573 e. The van der Waals surface area contributed by atoms with Crippen LogP contribution in [0, 0.1) is 6.92 Å². The summed E-state index contributed by atoms with van der Waals surface area (Å²) < 4.78 is 41.0. The molecule has 0 spiro atoms. The van der Waals surface area contributed by atoms with E-state index in [1.165, 1.54) is 12.1 Å². The fourth-order valence-corrected chi connectivity index (χ4v) is 2.04. The maximum atomic E-state index is 12.0. The van der Waals surface area contributed by atoms with Crippen molar-refractivity contribution in [3.8, 4) is 5.75 Å². The van der Waals surface area contributed by atoms with Crippen LogP contribution in [0.15, 0.2) is 46.9 Å². The molecule has 0 aliphatic carbocycles. The van der Waals surface area contributed by atoms with Crippen LogP contribution < -0.4 is 10.1 Å². The topological polar surface area (TPSA) is 21.3 Å². The molecule has 0 fully saturated rings. The van der Waals surface area contributed by atoms with Gasteiger partial charge in [-0.25, -0.2) is 0 Å². The lowest BCUT2D eigenvalue weighted by atomic mass is 10.1. The number of benzene rings is 2. The number of rotatable bonds is 4. The van der Waals surface area contributed by atoms with Gasteiger partial charge in [-0.3, -0.25) is 0 Å². The molecule has 0 bridgehead atoms. The van der Waals surface area contributed by atoms with E-state index in [4.69, 9.17) is 0 Å². The molecule has 2 aromatic rings. The van der Waals surface area contributed by atoms with Crippen LogP contribution >= 0.6 is 15.9 Å². The smallest absolute Gasteiger partial charge is 0.406 e. The minimum Gasteiger partial charge on any atom is -0.406 e. The molecule has 0 aliphatic heterocycles.